The number of amides is 1. The maximum atomic E-state index is 12.8. The van der Waals surface area contributed by atoms with Crippen molar-refractivity contribution < 1.29 is 17.9 Å². The first kappa shape index (κ1) is 25.6. The van der Waals surface area contributed by atoms with Crippen molar-refractivity contribution >= 4 is 43.9 Å². The zero-order valence-corrected chi connectivity index (χ0v) is 23.1. The van der Waals surface area contributed by atoms with E-state index in [0.29, 0.717) is 68.0 Å². The number of carbonyl (C=O) groups is 1. The van der Waals surface area contributed by atoms with Crippen LogP contribution in [0.2, 0.25) is 0 Å². The van der Waals surface area contributed by atoms with Gasteiger partial charge in [-0.15, -0.1) is 0 Å². The number of carbonyl (C=O) groups excluding carboxylic acids is 1. The molecule has 2 aliphatic heterocycles. The molecule has 14 heteroatoms. The molecule has 206 valence electrons. The molecule has 0 saturated carbocycles. The highest BCUT2D eigenvalue weighted by atomic mass is 32.2. The summed E-state index contributed by atoms with van der Waals surface area (Å²) in [5, 5.41) is 0. The highest BCUT2D eigenvalue weighted by Gasteiger charge is 2.31. The maximum Gasteiger partial charge on any atom is 0.239 e. The van der Waals surface area contributed by atoms with Crippen molar-refractivity contribution in [3.8, 4) is 5.95 Å². The molecule has 2 saturated heterocycles. The lowest BCUT2D eigenvalue weighted by Crippen LogP contribution is -2.51. The van der Waals surface area contributed by atoms with Gasteiger partial charge >= 0.3 is 0 Å². The van der Waals surface area contributed by atoms with Crippen LogP contribution in [0.15, 0.2) is 24.3 Å². The molecule has 13 nitrogen and oxygen atoms in total. The predicted molar refractivity (Wildman–Crippen MR) is 145 cm³/mol. The minimum absolute atomic E-state index is 0.167. The molecule has 0 aliphatic carbocycles. The average Bonchev–Trinajstić information content (AvgIpc) is 3.46. The van der Waals surface area contributed by atoms with Crippen LogP contribution in [-0.2, 0) is 39.6 Å². The van der Waals surface area contributed by atoms with E-state index in [9.17, 15) is 13.2 Å². The fourth-order valence-electron chi connectivity index (χ4n) is 5.16. The number of imidazole rings is 2. The van der Waals surface area contributed by atoms with Gasteiger partial charge in [-0.2, -0.15) is 14.3 Å². The van der Waals surface area contributed by atoms with Crippen molar-refractivity contribution in [1.29, 1.82) is 0 Å². The molecule has 39 heavy (non-hydrogen) atoms. The van der Waals surface area contributed by atoms with Crippen molar-refractivity contribution in [2.75, 3.05) is 57.1 Å². The number of aromatic nitrogens is 6. The monoisotopic (exact) mass is 553 g/mol. The van der Waals surface area contributed by atoms with Gasteiger partial charge in [0.15, 0.2) is 17.0 Å². The van der Waals surface area contributed by atoms with Gasteiger partial charge in [-0.25, -0.2) is 18.4 Å². The average molecular weight is 554 g/mol. The van der Waals surface area contributed by atoms with Gasteiger partial charge in [0.2, 0.25) is 21.9 Å². The summed E-state index contributed by atoms with van der Waals surface area (Å²) in [7, 11) is -1.54. The van der Waals surface area contributed by atoms with Crippen LogP contribution >= 0.6 is 0 Å². The third-order valence-electron chi connectivity index (χ3n) is 7.32. The van der Waals surface area contributed by atoms with Crippen molar-refractivity contribution in [1.82, 2.24) is 38.3 Å². The van der Waals surface area contributed by atoms with E-state index >= 15 is 0 Å². The zero-order chi connectivity index (χ0) is 27.3. The van der Waals surface area contributed by atoms with E-state index in [4.69, 9.17) is 24.7 Å². The number of hydrogen-bond donors (Lipinski definition) is 0. The van der Waals surface area contributed by atoms with Crippen LogP contribution in [0.3, 0.4) is 0 Å². The van der Waals surface area contributed by atoms with Crippen molar-refractivity contribution in [2.24, 2.45) is 7.05 Å². The lowest BCUT2D eigenvalue weighted by Gasteiger charge is -2.32. The Morgan fingerprint density at radius 2 is 1.74 bits per heavy atom. The van der Waals surface area contributed by atoms with E-state index in [0.717, 1.165) is 23.1 Å². The van der Waals surface area contributed by atoms with E-state index in [-0.39, 0.29) is 25.5 Å². The predicted octanol–water partition coefficient (Wildman–Crippen LogP) is 0.705. The zero-order valence-electron chi connectivity index (χ0n) is 22.2. The molecule has 0 bridgehead atoms. The highest BCUT2D eigenvalue weighted by Crippen LogP contribution is 2.29. The maximum absolute atomic E-state index is 12.8. The topological polar surface area (TPSA) is 132 Å². The van der Waals surface area contributed by atoms with E-state index < -0.39 is 10.0 Å². The second-order valence-electron chi connectivity index (χ2n) is 9.82. The summed E-state index contributed by atoms with van der Waals surface area (Å²) in [6, 6.07) is 7.94. The van der Waals surface area contributed by atoms with Crippen molar-refractivity contribution in [3.05, 3.63) is 35.9 Å². The van der Waals surface area contributed by atoms with Crippen LogP contribution in [0.1, 0.15) is 18.6 Å². The molecule has 0 unspecified atom stereocenters. The van der Waals surface area contributed by atoms with Crippen LogP contribution in [-0.4, -0.2) is 105 Å². The Labute approximate surface area is 226 Å². The smallest absolute Gasteiger partial charge is 0.239 e. The Kier molecular flexibility index (Phi) is 6.47. The third kappa shape index (κ3) is 4.61. The number of anilines is 1. The Balaban J connectivity index is 1.44. The summed E-state index contributed by atoms with van der Waals surface area (Å²) < 4.78 is 34.5. The molecule has 1 amide bonds. The summed E-state index contributed by atoms with van der Waals surface area (Å²) in [6.45, 7) is 5.22. The van der Waals surface area contributed by atoms with Gasteiger partial charge in [0.25, 0.3) is 0 Å². The van der Waals surface area contributed by atoms with E-state index in [1.807, 2.05) is 40.4 Å². The Hall–Kier alpha value is -3.62. The van der Waals surface area contributed by atoms with Gasteiger partial charge in [-0.3, -0.25) is 9.36 Å². The number of hydrogen-bond acceptors (Lipinski definition) is 9. The standard InChI is InChI=1S/C25H31N9O4S/c1-4-19-26-17-7-5-6-8-18(17)34(19)25-28-23-22(24(29-25)31-11-13-38-14-12-31)27-20(30(23)2)15-32-9-10-33(16-21(32)35)39(3,36)37/h5-8H,4,9-16H2,1-3H3. The normalized spacial score (nSPS) is 17.6. The van der Waals surface area contributed by atoms with Crippen LogP contribution in [0.4, 0.5) is 5.82 Å². The minimum atomic E-state index is -3.43. The van der Waals surface area contributed by atoms with Crippen LogP contribution in [0, 0.1) is 0 Å². The van der Waals surface area contributed by atoms with Gasteiger partial charge in [0, 0.05) is 39.6 Å². The number of rotatable bonds is 6. The Morgan fingerprint density at radius 1 is 0.974 bits per heavy atom. The number of nitrogens with zero attached hydrogens (tertiary/aromatic N) is 9. The Bertz CT molecular complexity index is 1670. The molecule has 2 fully saturated rings. The molecule has 0 spiro atoms. The van der Waals surface area contributed by atoms with Gasteiger partial charge in [0.05, 0.1) is 43.6 Å². The fraction of sp³-hybridized carbons (Fsp3) is 0.480. The molecular weight excluding hydrogens is 522 g/mol. The third-order valence-corrected chi connectivity index (χ3v) is 8.57. The van der Waals surface area contributed by atoms with Crippen molar-refractivity contribution in [2.45, 2.75) is 19.9 Å². The molecular formula is C25H31N9O4S. The number of ether oxygens (including phenoxy) is 1. The first-order valence-electron chi connectivity index (χ1n) is 13.0. The molecule has 0 N–H and O–H groups in total. The molecule has 0 radical (unpaired) electrons. The van der Waals surface area contributed by atoms with E-state index in [2.05, 4.69) is 11.8 Å². The van der Waals surface area contributed by atoms with Crippen LogP contribution < -0.4 is 4.90 Å². The summed E-state index contributed by atoms with van der Waals surface area (Å²) >= 11 is 0. The van der Waals surface area contributed by atoms with Gasteiger partial charge in [-0.05, 0) is 12.1 Å². The van der Waals surface area contributed by atoms with Gasteiger partial charge < -0.3 is 19.1 Å². The second kappa shape index (κ2) is 9.84. The lowest BCUT2D eigenvalue weighted by molar-refractivity contribution is -0.134. The number of sulfonamides is 1. The lowest BCUT2D eigenvalue weighted by atomic mass is 10.3. The quantitative estimate of drug-likeness (QED) is 0.339. The molecule has 1 aromatic carbocycles. The Morgan fingerprint density at radius 3 is 2.46 bits per heavy atom. The molecule has 0 atom stereocenters. The number of fused-ring (bicyclic) bond motifs is 2. The minimum Gasteiger partial charge on any atom is -0.378 e. The van der Waals surface area contributed by atoms with Crippen LogP contribution in [0.5, 0.6) is 0 Å². The van der Waals surface area contributed by atoms with Crippen molar-refractivity contribution in [3.63, 3.8) is 0 Å². The molecule has 3 aromatic heterocycles. The number of aryl methyl sites for hydroxylation is 2. The highest BCUT2D eigenvalue weighted by molar-refractivity contribution is 7.88. The molecule has 5 heterocycles. The number of morpholine rings is 1. The van der Waals surface area contributed by atoms with Gasteiger partial charge in [-0.1, -0.05) is 19.1 Å². The van der Waals surface area contributed by atoms with Crippen LogP contribution in [0.25, 0.3) is 28.1 Å². The summed E-state index contributed by atoms with van der Waals surface area (Å²) in [5.41, 5.74) is 3.11. The number of benzene rings is 1. The molecule has 4 aromatic rings. The largest absolute Gasteiger partial charge is 0.378 e. The number of piperazine rings is 1. The van der Waals surface area contributed by atoms with E-state index in [1.165, 1.54) is 4.31 Å². The fourth-order valence-corrected chi connectivity index (χ4v) is 5.92. The SMILES string of the molecule is CCc1nc2ccccc2n1-c1nc(N2CCOCC2)c2nc(CN3CCN(S(C)(=O)=O)CC3=O)n(C)c2n1. The molecule has 2 aliphatic rings. The van der Waals surface area contributed by atoms with E-state index in [1.54, 1.807) is 4.90 Å². The summed E-state index contributed by atoms with van der Waals surface area (Å²) in [5.74, 6) is 2.49. The number of para-hydroxylation sites is 2. The van der Waals surface area contributed by atoms with Gasteiger partial charge in [0.1, 0.15) is 11.6 Å². The summed E-state index contributed by atoms with van der Waals surface area (Å²) in [6.07, 6.45) is 1.83. The first-order chi connectivity index (χ1) is 18.7. The molecule has 6 rings (SSSR count). The summed E-state index contributed by atoms with van der Waals surface area (Å²) in [4.78, 5) is 36.3. The second-order valence-corrected chi connectivity index (χ2v) is 11.8. The first-order valence-corrected chi connectivity index (χ1v) is 14.8.